The van der Waals surface area contributed by atoms with Crippen molar-refractivity contribution in [2.75, 3.05) is 30.7 Å². The lowest BCUT2D eigenvalue weighted by atomic mass is 10.1. The number of anilines is 1. The van der Waals surface area contributed by atoms with Crippen LogP contribution in [0.2, 0.25) is 0 Å². The summed E-state index contributed by atoms with van der Waals surface area (Å²) in [7, 11) is 0. The number of thioether (sulfide) groups is 1. The Balaban J connectivity index is 1.52. The van der Waals surface area contributed by atoms with Gasteiger partial charge in [0.25, 0.3) is 5.91 Å². The van der Waals surface area contributed by atoms with E-state index < -0.39 is 0 Å². The Morgan fingerprint density at radius 3 is 2.77 bits per heavy atom. The minimum atomic E-state index is -0.273. The van der Waals surface area contributed by atoms with Gasteiger partial charge in [-0.15, -0.1) is 0 Å². The summed E-state index contributed by atoms with van der Waals surface area (Å²) in [5.74, 6) is 0.855. The lowest BCUT2D eigenvalue weighted by molar-refractivity contribution is -0.133. The number of nitrogens with zero attached hydrogens (tertiary/aromatic N) is 3. The number of nitrogens with one attached hydrogen (secondary N) is 2. The molecule has 3 rings (SSSR count). The number of hydrogen-bond acceptors (Lipinski definition) is 6. The molecular weight excluding hydrogens is 350 g/mol. The first-order valence-electron chi connectivity index (χ1n) is 8.77. The number of aliphatic imine (C=N–C) groups is 1. The predicted molar refractivity (Wildman–Crippen MR) is 106 cm³/mol. The molecular formula is C18H23N5O2S. The van der Waals surface area contributed by atoms with Crippen molar-refractivity contribution in [2.45, 2.75) is 26.2 Å². The van der Waals surface area contributed by atoms with Crippen molar-refractivity contribution in [3.05, 3.63) is 29.8 Å². The van der Waals surface area contributed by atoms with Gasteiger partial charge in [0.2, 0.25) is 5.91 Å². The highest BCUT2D eigenvalue weighted by Crippen LogP contribution is 2.17. The monoisotopic (exact) mass is 373 g/mol. The van der Waals surface area contributed by atoms with Crippen LogP contribution in [0, 0.1) is 0 Å². The van der Waals surface area contributed by atoms with Gasteiger partial charge in [-0.2, -0.15) is 5.10 Å². The average molecular weight is 373 g/mol. The standard InChI is InChI=1S/C18H23N5O2S/c1-13(21-22-16(24)12-23-10-2-4-17(23)25)14-5-7-15(8-6-14)20-18-19-9-3-11-26-18/h5-8H,2-4,9-12H2,1H3,(H,19,20)(H,22,24). The third kappa shape index (κ3) is 5.08. The van der Waals surface area contributed by atoms with E-state index in [1.54, 1.807) is 16.7 Å². The maximum Gasteiger partial charge on any atom is 0.259 e. The van der Waals surface area contributed by atoms with Crippen LogP contribution in [0.1, 0.15) is 31.7 Å². The Hall–Kier alpha value is -2.35. The molecule has 0 atom stereocenters. The van der Waals surface area contributed by atoms with Gasteiger partial charge in [0.05, 0.1) is 5.71 Å². The molecule has 0 bridgehead atoms. The summed E-state index contributed by atoms with van der Waals surface area (Å²) in [5, 5.41) is 8.40. The van der Waals surface area contributed by atoms with Crippen LogP contribution >= 0.6 is 11.8 Å². The Kier molecular flexibility index (Phi) is 6.27. The van der Waals surface area contributed by atoms with Gasteiger partial charge in [0.15, 0.2) is 5.17 Å². The van der Waals surface area contributed by atoms with Crippen LogP contribution in [-0.4, -0.2) is 53.0 Å². The maximum atomic E-state index is 11.9. The van der Waals surface area contributed by atoms with E-state index in [2.05, 4.69) is 20.8 Å². The van der Waals surface area contributed by atoms with E-state index in [1.807, 2.05) is 31.2 Å². The number of hydrazone groups is 1. The second-order valence-electron chi connectivity index (χ2n) is 6.24. The van der Waals surface area contributed by atoms with Crippen molar-refractivity contribution in [2.24, 2.45) is 10.1 Å². The highest BCUT2D eigenvalue weighted by Gasteiger charge is 2.22. The van der Waals surface area contributed by atoms with Gasteiger partial charge < -0.3 is 10.2 Å². The van der Waals surface area contributed by atoms with Crippen molar-refractivity contribution in [1.82, 2.24) is 10.3 Å². The van der Waals surface area contributed by atoms with Crippen LogP contribution in [-0.2, 0) is 9.59 Å². The Morgan fingerprint density at radius 1 is 1.31 bits per heavy atom. The summed E-state index contributed by atoms with van der Waals surface area (Å²) in [6.07, 6.45) is 2.47. The first-order valence-corrected chi connectivity index (χ1v) is 9.76. The lowest BCUT2D eigenvalue weighted by Gasteiger charge is -2.14. The molecule has 2 aliphatic rings. The molecule has 7 nitrogen and oxygen atoms in total. The number of hydrogen-bond donors (Lipinski definition) is 2. The van der Waals surface area contributed by atoms with Gasteiger partial charge in [0, 0.05) is 31.0 Å². The van der Waals surface area contributed by atoms with Crippen LogP contribution in [0.4, 0.5) is 5.69 Å². The first-order chi connectivity index (χ1) is 12.6. The molecule has 0 unspecified atom stereocenters. The van der Waals surface area contributed by atoms with Crippen LogP contribution in [0.15, 0.2) is 34.4 Å². The summed E-state index contributed by atoms with van der Waals surface area (Å²) in [6, 6.07) is 7.84. The van der Waals surface area contributed by atoms with E-state index in [1.165, 1.54) is 0 Å². The largest absolute Gasteiger partial charge is 0.335 e. The number of carbonyl (C=O) groups excluding carboxylic acids is 2. The molecule has 2 aliphatic heterocycles. The van der Waals surface area contributed by atoms with Crippen molar-refractivity contribution in [1.29, 1.82) is 0 Å². The lowest BCUT2D eigenvalue weighted by Crippen LogP contribution is -2.36. The Bertz CT molecular complexity index is 730. The molecule has 0 aromatic heterocycles. The molecule has 2 amide bonds. The Labute approximate surface area is 157 Å². The molecule has 1 aromatic carbocycles. The molecule has 0 saturated carbocycles. The van der Waals surface area contributed by atoms with Gasteiger partial charge in [-0.25, -0.2) is 5.43 Å². The third-order valence-electron chi connectivity index (χ3n) is 4.20. The molecule has 1 fully saturated rings. The van der Waals surface area contributed by atoms with Gasteiger partial charge in [-0.3, -0.25) is 14.6 Å². The third-order valence-corrected chi connectivity index (χ3v) is 5.20. The molecule has 2 heterocycles. The molecule has 0 spiro atoms. The zero-order valence-corrected chi connectivity index (χ0v) is 15.6. The number of rotatable bonds is 5. The topological polar surface area (TPSA) is 86.2 Å². The summed E-state index contributed by atoms with van der Waals surface area (Å²) in [4.78, 5) is 29.5. The molecule has 138 valence electrons. The summed E-state index contributed by atoms with van der Waals surface area (Å²) in [6.45, 7) is 3.43. The van der Waals surface area contributed by atoms with Crippen LogP contribution in [0.5, 0.6) is 0 Å². The van der Waals surface area contributed by atoms with Crippen molar-refractivity contribution < 1.29 is 9.59 Å². The number of carbonyl (C=O) groups is 2. The van der Waals surface area contributed by atoms with Crippen molar-refractivity contribution in [3.63, 3.8) is 0 Å². The highest BCUT2D eigenvalue weighted by atomic mass is 32.2. The number of amides is 2. The van der Waals surface area contributed by atoms with Gasteiger partial charge in [-0.05, 0) is 37.5 Å². The van der Waals surface area contributed by atoms with Crippen LogP contribution in [0.25, 0.3) is 0 Å². The first kappa shape index (κ1) is 18.4. The number of amidine groups is 1. The normalized spacial score (nSPS) is 17.9. The quantitative estimate of drug-likeness (QED) is 0.611. The average Bonchev–Trinajstić information content (AvgIpc) is 3.06. The van der Waals surface area contributed by atoms with Gasteiger partial charge in [0.1, 0.15) is 6.54 Å². The highest BCUT2D eigenvalue weighted by molar-refractivity contribution is 8.14. The van der Waals surface area contributed by atoms with Gasteiger partial charge in [-0.1, -0.05) is 23.9 Å². The molecule has 1 saturated heterocycles. The summed E-state index contributed by atoms with van der Waals surface area (Å²) < 4.78 is 0. The molecule has 8 heteroatoms. The number of likely N-dealkylation sites (tertiary alicyclic amines) is 1. The molecule has 0 aliphatic carbocycles. The van der Waals surface area contributed by atoms with Gasteiger partial charge >= 0.3 is 0 Å². The SMILES string of the molecule is CC(=NNC(=O)CN1CCCC1=O)c1ccc(NC2=NCCCS2)cc1. The molecule has 2 N–H and O–H groups in total. The van der Waals surface area contributed by atoms with E-state index in [0.717, 1.165) is 41.6 Å². The maximum absolute atomic E-state index is 11.9. The zero-order chi connectivity index (χ0) is 18.4. The molecule has 0 radical (unpaired) electrons. The van der Waals surface area contributed by atoms with E-state index in [4.69, 9.17) is 0 Å². The van der Waals surface area contributed by atoms with E-state index in [0.29, 0.717) is 18.7 Å². The predicted octanol–water partition coefficient (Wildman–Crippen LogP) is 2.05. The molecule has 1 aromatic rings. The van der Waals surface area contributed by atoms with Crippen LogP contribution in [0.3, 0.4) is 0 Å². The smallest absolute Gasteiger partial charge is 0.259 e. The minimum Gasteiger partial charge on any atom is -0.335 e. The zero-order valence-electron chi connectivity index (χ0n) is 14.8. The fourth-order valence-electron chi connectivity index (χ4n) is 2.74. The fraction of sp³-hybridized carbons (Fsp3) is 0.444. The summed E-state index contributed by atoms with van der Waals surface area (Å²) in [5.41, 5.74) is 5.14. The molecule has 26 heavy (non-hydrogen) atoms. The number of benzene rings is 1. The Morgan fingerprint density at radius 2 is 2.12 bits per heavy atom. The van der Waals surface area contributed by atoms with Crippen molar-refractivity contribution in [3.8, 4) is 0 Å². The summed E-state index contributed by atoms with van der Waals surface area (Å²) >= 11 is 1.73. The second kappa shape index (κ2) is 8.84. The minimum absolute atomic E-state index is 0.0321. The fourth-order valence-corrected chi connectivity index (χ4v) is 3.58. The second-order valence-corrected chi connectivity index (χ2v) is 7.33. The van der Waals surface area contributed by atoms with Crippen molar-refractivity contribution >= 4 is 40.1 Å². The van der Waals surface area contributed by atoms with E-state index >= 15 is 0 Å². The van der Waals surface area contributed by atoms with Crippen LogP contribution < -0.4 is 10.7 Å². The van der Waals surface area contributed by atoms with E-state index in [9.17, 15) is 9.59 Å². The van der Waals surface area contributed by atoms with E-state index in [-0.39, 0.29) is 18.4 Å².